The summed E-state index contributed by atoms with van der Waals surface area (Å²) >= 11 is 0. The molecule has 0 aromatic heterocycles. The van der Waals surface area contributed by atoms with Gasteiger partial charge in [-0.1, -0.05) is 9.05 Å². The van der Waals surface area contributed by atoms with Crippen LogP contribution in [0.25, 0.3) is 0 Å². The molecular weight excluding hydrogens is 192 g/mol. The predicted molar refractivity (Wildman–Crippen MR) is 25.0 cm³/mol. The van der Waals surface area contributed by atoms with Gasteiger partial charge in [-0.2, -0.15) is 9.72 Å². The van der Waals surface area contributed by atoms with Crippen LogP contribution in [0.5, 0.6) is 0 Å². The molecule has 0 atom stereocenters. The molecule has 0 heterocycles. The van der Waals surface area contributed by atoms with Crippen molar-refractivity contribution in [2.45, 2.75) is 0 Å². The van der Waals surface area contributed by atoms with Crippen LogP contribution in [0.15, 0.2) is 0 Å². The van der Waals surface area contributed by atoms with Crippen LogP contribution in [0.4, 0.5) is 9.05 Å². The molecule has 0 aliphatic rings. The molecule has 0 spiro atoms. The van der Waals surface area contributed by atoms with Gasteiger partial charge >= 0.3 is 48.8 Å². The van der Waals surface area contributed by atoms with E-state index in [4.69, 9.17) is 5.11 Å². The summed E-state index contributed by atoms with van der Waals surface area (Å²) in [4.78, 5) is 24.6. The van der Waals surface area contributed by atoms with Crippen LogP contribution >= 0.6 is 0 Å². The number of carbonyl (C=O) groups is 2. The molecule has 0 aliphatic carbocycles. The molecular formula is C2H2BF2NaO6. The average Bonchev–Trinajstić information content (AvgIpc) is 1.99. The van der Waals surface area contributed by atoms with Crippen molar-refractivity contribution in [1.29, 1.82) is 0 Å². The van der Waals surface area contributed by atoms with E-state index in [1.807, 2.05) is 0 Å². The molecule has 12 heavy (non-hydrogen) atoms. The third kappa shape index (κ3) is 5.44. The predicted octanol–water partition coefficient (Wildman–Crippen LogP) is -3.48. The maximum absolute atomic E-state index is 10.9. The Balaban J connectivity index is -0.000000500. The zero-order valence-corrected chi connectivity index (χ0v) is 7.82. The Bertz CT molecular complexity index is 167. The van der Waals surface area contributed by atoms with Gasteiger partial charge < -0.3 is 11.2 Å². The van der Waals surface area contributed by atoms with E-state index >= 15 is 0 Å². The summed E-state index contributed by atoms with van der Waals surface area (Å²) in [6, 6.07) is 0. The molecule has 0 amide bonds. The summed E-state index contributed by atoms with van der Waals surface area (Å²) in [6.45, 7) is 0. The normalized spacial score (nSPS) is 8.17. The van der Waals surface area contributed by atoms with Gasteiger partial charge in [0.1, 0.15) is 0 Å². The van der Waals surface area contributed by atoms with Gasteiger partial charge in [0, 0.05) is 0 Å². The average molecular weight is 194 g/mol. The second-order valence-electron chi connectivity index (χ2n) is 1.18. The van der Waals surface area contributed by atoms with Gasteiger partial charge in [-0.15, -0.1) is 0 Å². The Hall–Kier alpha value is -0.215. The molecule has 0 aromatic carbocycles. The fourth-order valence-corrected chi connectivity index (χ4v) is 0.188. The third-order valence-electron chi connectivity index (χ3n) is 0.523. The summed E-state index contributed by atoms with van der Waals surface area (Å²) in [6.07, 6.45) is 0. The first-order chi connectivity index (χ1) is 5.11. The number of hydrogen-bond acceptors (Lipinski definition) is 5. The van der Waals surface area contributed by atoms with E-state index in [2.05, 4.69) is 14.4 Å². The topological polar surface area (TPSA) is 82.1 Å². The summed E-state index contributed by atoms with van der Waals surface area (Å²) in [5.41, 5.74) is 0. The van der Waals surface area contributed by atoms with Crippen LogP contribution in [0.2, 0.25) is 0 Å². The fraction of sp³-hybridized carbons (Fsp3) is 0. The molecule has 10 heteroatoms. The Morgan fingerprint density at radius 3 is 2.00 bits per heavy atom. The minimum absolute atomic E-state index is 0. The molecule has 0 rings (SSSR count). The van der Waals surface area contributed by atoms with Crippen molar-refractivity contribution in [2.24, 2.45) is 0 Å². The van der Waals surface area contributed by atoms with Crippen LogP contribution < -0.4 is 29.6 Å². The van der Waals surface area contributed by atoms with Crippen molar-refractivity contribution < 1.29 is 69.1 Å². The van der Waals surface area contributed by atoms with Crippen molar-refractivity contribution in [3.63, 3.8) is 0 Å². The van der Waals surface area contributed by atoms with Gasteiger partial charge in [0.05, 0.1) is 0 Å². The second kappa shape index (κ2) is 7.43. The SMILES string of the molecule is O=C(O)C(=O)OB(OF)OF.[H-].[Na+]. The Morgan fingerprint density at radius 2 is 1.75 bits per heavy atom. The monoisotopic (exact) mass is 194 g/mol. The smallest absolute Gasteiger partial charge is 1.00 e. The molecule has 0 saturated heterocycles. The van der Waals surface area contributed by atoms with Gasteiger partial charge in [0.15, 0.2) is 0 Å². The van der Waals surface area contributed by atoms with Crippen molar-refractivity contribution in [3.05, 3.63) is 0 Å². The molecule has 0 radical (unpaired) electrons. The van der Waals surface area contributed by atoms with Crippen LogP contribution in [0, 0.1) is 0 Å². The third-order valence-corrected chi connectivity index (χ3v) is 0.523. The van der Waals surface area contributed by atoms with E-state index < -0.39 is 19.3 Å². The maximum atomic E-state index is 10.9. The summed E-state index contributed by atoms with van der Waals surface area (Å²) in [5, 5.41) is 7.79. The minimum Gasteiger partial charge on any atom is -1.00 e. The first-order valence-electron chi connectivity index (χ1n) is 2.10. The van der Waals surface area contributed by atoms with Gasteiger partial charge in [-0.25, -0.2) is 9.59 Å². The first-order valence-corrected chi connectivity index (χ1v) is 2.10. The number of hydrogen-bond donors (Lipinski definition) is 1. The number of carboxylic acid groups (broad SMARTS) is 1. The van der Waals surface area contributed by atoms with Crippen LogP contribution in [-0.2, 0) is 24.0 Å². The van der Waals surface area contributed by atoms with E-state index in [9.17, 15) is 18.6 Å². The van der Waals surface area contributed by atoms with Gasteiger partial charge in [-0.3, -0.25) is 0 Å². The van der Waals surface area contributed by atoms with Crippen molar-refractivity contribution in [2.75, 3.05) is 0 Å². The standard InChI is InChI=1S/C2HBF2O6.Na.H/c4-10-3(11-5)9-2(8)1(6)7;;/h(H,6,7);;/q;+1;-1. The fourth-order valence-electron chi connectivity index (χ4n) is 0.188. The summed E-state index contributed by atoms with van der Waals surface area (Å²) in [5.74, 6) is -3.92. The summed E-state index contributed by atoms with van der Waals surface area (Å²) < 4.78 is 25.3. The molecule has 64 valence electrons. The molecule has 0 aliphatic heterocycles. The molecule has 6 nitrogen and oxygen atoms in total. The number of aliphatic carboxylic acids is 1. The van der Waals surface area contributed by atoms with Gasteiger partial charge in [0.2, 0.25) is 0 Å². The molecule has 0 fully saturated rings. The Kier molecular flexibility index (Phi) is 8.87. The molecule has 1 N–H and O–H groups in total. The van der Waals surface area contributed by atoms with Crippen molar-refractivity contribution >= 4 is 19.3 Å². The van der Waals surface area contributed by atoms with Crippen molar-refractivity contribution in [1.82, 2.24) is 0 Å². The number of halogens is 2. The minimum atomic E-state index is -2.60. The zero-order chi connectivity index (χ0) is 8.85. The van der Waals surface area contributed by atoms with Crippen LogP contribution in [0.1, 0.15) is 1.43 Å². The Morgan fingerprint density at radius 1 is 1.33 bits per heavy atom. The number of rotatable bonds is 3. The van der Waals surface area contributed by atoms with E-state index in [0.717, 1.165) is 0 Å². The second-order valence-corrected chi connectivity index (χ2v) is 1.18. The van der Waals surface area contributed by atoms with E-state index in [0.29, 0.717) is 0 Å². The zero-order valence-electron chi connectivity index (χ0n) is 6.82. The molecule has 0 aromatic rings. The van der Waals surface area contributed by atoms with Crippen LogP contribution in [0.3, 0.4) is 0 Å². The molecule has 0 unspecified atom stereocenters. The number of carbonyl (C=O) groups excluding carboxylic acids is 1. The van der Waals surface area contributed by atoms with Crippen LogP contribution in [-0.4, -0.2) is 24.4 Å². The van der Waals surface area contributed by atoms with E-state index in [-0.39, 0.29) is 31.0 Å². The number of carboxylic acids is 1. The molecule has 0 saturated carbocycles. The molecule has 0 bridgehead atoms. The first kappa shape index (κ1) is 14.3. The van der Waals surface area contributed by atoms with E-state index in [1.54, 1.807) is 0 Å². The van der Waals surface area contributed by atoms with Gasteiger partial charge in [0.25, 0.3) is 0 Å². The summed E-state index contributed by atoms with van der Waals surface area (Å²) in [7, 11) is -2.60. The Labute approximate surface area is 88.5 Å². The van der Waals surface area contributed by atoms with Crippen molar-refractivity contribution in [3.8, 4) is 0 Å². The quantitative estimate of drug-likeness (QED) is 0.371. The van der Waals surface area contributed by atoms with Gasteiger partial charge in [-0.05, 0) is 0 Å². The maximum Gasteiger partial charge on any atom is 1.00 e. The largest absolute Gasteiger partial charge is 1.00 e. The van der Waals surface area contributed by atoms with E-state index in [1.165, 1.54) is 0 Å².